The summed E-state index contributed by atoms with van der Waals surface area (Å²) < 4.78 is 1.71. The molecule has 1 aromatic carbocycles. The zero-order valence-corrected chi connectivity index (χ0v) is 13.4. The zero-order valence-electron chi connectivity index (χ0n) is 13.4. The first-order chi connectivity index (χ1) is 11.5. The molecular formula is C17H19N3O4. The number of amides is 1. The molecule has 2 aromatic rings. The largest absolute Gasteiger partial charge is 0.352 e. The fraction of sp³-hybridized carbons (Fsp3) is 0.294. The molecule has 2 rings (SSSR count). The summed E-state index contributed by atoms with van der Waals surface area (Å²) >= 11 is 0. The Bertz CT molecular complexity index is 781. The monoisotopic (exact) mass is 329 g/mol. The van der Waals surface area contributed by atoms with Gasteiger partial charge in [-0.1, -0.05) is 6.07 Å². The number of hydrogen-bond acceptors (Lipinski definition) is 4. The Balaban J connectivity index is 1.77. The van der Waals surface area contributed by atoms with Crippen LogP contribution in [0.2, 0.25) is 0 Å². The molecule has 0 saturated heterocycles. The molecule has 0 aliphatic carbocycles. The third-order valence-electron chi connectivity index (χ3n) is 3.70. The summed E-state index contributed by atoms with van der Waals surface area (Å²) in [6.45, 7) is 2.98. The number of aryl methyl sites for hydroxylation is 1. The van der Waals surface area contributed by atoms with Crippen LogP contribution in [-0.2, 0) is 6.54 Å². The summed E-state index contributed by atoms with van der Waals surface area (Å²) in [6.07, 6.45) is 1.50. The molecule has 0 unspecified atom stereocenters. The molecule has 1 aromatic heterocycles. The van der Waals surface area contributed by atoms with E-state index in [1.807, 2.05) is 13.0 Å². The number of unbranched alkanes of at least 4 members (excludes halogenated alkanes) is 1. The second-order valence-corrected chi connectivity index (χ2v) is 5.42. The number of benzene rings is 1. The standard InChI is InChI=1S/C17H19N3O4/c1-13-5-4-6-16(21)19(13)12-3-2-11-18-17(22)14-7-9-15(10-8-14)20(23)24/h4-10H,2-3,11-12H2,1H3,(H,18,22). The maximum absolute atomic E-state index is 11.9. The molecule has 0 atom stereocenters. The molecule has 24 heavy (non-hydrogen) atoms. The zero-order chi connectivity index (χ0) is 17.5. The fourth-order valence-electron chi connectivity index (χ4n) is 2.34. The van der Waals surface area contributed by atoms with Crippen molar-refractivity contribution < 1.29 is 9.72 Å². The highest BCUT2D eigenvalue weighted by Gasteiger charge is 2.08. The van der Waals surface area contributed by atoms with Gasteiger partial charge in [-0.3, -0.25) is 19.7 Å². The van der Waals surface area contributed by atoms with Crippen LogP contribution in [0, 0.1) is 17.0 Å². The number of nitro groups is 1. The number of hydrogen-bond donors (Lipinski definition) is 1. The van der Waals surface area contributed by atoms with Gasteiger partial charge >= 0.3 is 0 Å². The average Bonchev–Trinajstić information content (AvgIpc) is 2.56. The topological polar surface area (TPSA) is 94.2 Å². The Hall–Kier alpha value is -2.96. The van der Waals surface area contributed by atoms with Gasteiger partial charge in [-0.25, -0.2) is 0 Å². The van der Waals surface area contributed by atoms with Crippen LogP contribution in [0.5, 0.6) is 0 Å². The number of nitro benzene ring substituents is 1. The highest BCUT2D eigenvalue weighted by atomic mass is 16.6. The van der Waals surface area contributed by atoms with Crippen LogP contribution in [0.4, 0.5) is 5.69 Å². The number of carbonyl (C=O) groups is 1. The molecule has 1 N–H and O–H groups in total. The van der Waals surface area contributed by atoms with E-state index in [0.717, 1.165) is 18.5 Å². The summed E-state index contributed by atoms with van der Waals surface area (Å²) in [7, 11) is 0. The molecular weight excluding hydrogens is 310 g/mol. The Morgan fingerprint density at radius 2 is 1.88 bits per heavy atom. The Kier molecular flexibility index (Phi) is 5.83. The third kappa shape index (κ3) is 4.52. The number of rotatable bonds is 7. The second kappa shape index (κ2) is 8.05. The fourth-order valence-corrected chi connectivity index (χ4v) is 2.34. The molecule has 0 fully saturated rings. The number of nitrogens with one attached hydrogen (secondary N) is 1. The van der Waals surface area contributed by atoms with Gasteiger partial charge in [0, 0.05) is 42.5 Å². The average molecular weight is 329 g/mol. The van der Waals surface area contributed by atoms with Gasteiger partial charge in [-0.05, 0) is 38.0 Å². The van der Waals surface area contributed by atoms with Crippen molar-refractivity contribution in [3.8, 4) is 0 Å². The van der Waals surface area contributed by atoms with Crippen LogP contribution in [0.3, 0.4) is 0 Å². The highest BCUT2D eigenvalue weighted by Crippen LogP contribution is 2.11. The summed E-state index contributed by atoms with van der Waals surface area (Å²) in [5.74, 6) is -0.266. The van der Waals surface area contributed by atoms with E-state index >= 15 is 0 Å². The van der Waals surface area contributed by atoms with E-state index in [2.05, 4.69) is 5.32 Å². The number of non-ortho nitro benzene ring substituents is 1. The van der Waals surface area contributed by atoms with E-state index in [9.17, 15) is 19.7 Å². The van der Waals surface area contributed by atoms with Crippen molar-refractivity contribution in [1.29, 1.82) is 0 Å². The van der Waals surface area contributed by atoms with Gasteiger partial charge in [0.2, 0.25) is 0 Å². The molecule has 1 amide bonds. The minimum atomic E-state index is -0.505. The lowest BCUT2D eigenvalue weighted by Gasteiger charge is -2.09. The van der Waals surface area contributed by atoms with Crippen molar-refractivity contribution in [1.82, 2.24) is 9.88 Å². The SMILES string of the molecule is Cc1cccc(=O)n1CCCCNC(=O)c1ccc([N+](=O)[O-])cc1. The summed E-state index contributed by atoms with van der Waals surface area (Å²) in [5, 5.41) is 13.3. The first-order valence-corrected chi connectivity index (χ1v) is 7.68. The van der Waals surface area contributed by atoms with E-state index in [0.29, 0.717) is 18.7 Å². The van der Waals surface area contributed by atoms with Gasteiger partial charge < -0.3 is 9.88 Å². The Morgan fingerprint density at radius 1 is 1.17 bits per heavy atom. The normalized spacial score (nSPS) is 10.4. The molecule has 0 bridgehead atoms. The summed E-state index contributed by atoms with van der Waals surface area (Å²) in [6, 6.07) is 10.6. The molecule has 0 saturated carbocycles. The van der Waals surface area contributed by atoms with E-state index in [1.165, 1.54) is 30.3 Å². The van der Waals surface area contributed by atoms with Crippen LogP contribution in [0.1, 0.15) is 28.9 Å². The van der Waals surface area contributed by atoms with E-state index in [-0.39, 0.29) is 17.2 Å². The number of aromatic nitrogens is 1. The summed E-state index contributed by atoms with van der Waals surface area (Å²) in [5.41, 5.74) is 1.23. The molecule has 0 spiro atoms. The lowest BCUT2D eigenvalue weighted by Crippen LogP contribution is -2.25. The molecule has 1 heterocycles. The first-order valence-electron chi connectivity index (χ1n) is 7.68. The van der Waals surface area contributed by atoms with Gasteiger partial charge in [0.05, 0.1) is 4.92 Å². The molecule has 7 heteroatoms. The smallest absolute Gasteiger partial charge is 0.269 e. The van der Waals surface area contributed by atoms with Crippen LogP contribution in [0.25, 0.3) is 0 Å². The van der Waals surface area contributed by atoms with Crippen LogP contribution in [0.15, 0.2) is 47.3 Å². The van der Waals surface area contributed by atoms with Gasteiger partial charge in [0.15, 0.2) is 0 Å². The molecule has 0 aliphatic rings. The molecule has 0 aliphatic heterocycles. The predicted octanol–water partition coefficient (Wildman–Crippen LogP) is 2.28. The van der Waals surface area contributed by atoms with Crippen LogP contribution < -0.4 is 10.9 Å². The maximum atomic E-state index is 11.9. The van der Waals surface area contributed by atoms with Gasteiger partial charge in [0.1, 0.15) is 0 Å². The first kappa shape index (κ1) is 17.4. The number of carbonyl (C=O) groups excluding carboxylic acids is 1. The molecule has 0 radical (unpaired) electrons. The Morgan fingerprint density at radius 3 is 2.50 bits per heavy atom. The van der Waals surface area contributed by atoms with Crippen LogP contribution in [-0.4, -0.2) is 21.9 Å². The van der Waals surface area contributed by atoms with Crippen molar-refractivity contribution >= 4 is 11.6 Å². The van der Waals surface area contributed by atoms with Crippen LogP contribution >= 0.6 is 0 Å². The van der Waals surface area contributed by atoms with Crippen molar-refractivity contribution in [3.63, 3.8) is 0 Å². The van der Waals surface area contributed by atoms with E-state index in [1.54, 1.807) is 10.6 Å². The summed E-state index contributed by atoms with van der Waals surface area (Å²) in [4.78, 5) is 33.7. The minimum Gasteiger partial charge on any atom is -0.352 e. The van der Waals surface area contributed by atoms with E-state index < -0.39 is 4.92 Å². The quantitative estimate of drug-likeness (QED) is 0.479. The van der Waals surface area contributed by atoms with Gasteiger partial charge in [-0.15, -0.1) is 0 Å². The highest BCUT2D eigenvalue weighted by molar-refractivity contribution is 5.94. The lowest BCUT2D eigenvalue weighted by atomic mass is 10.2. The second-order valence-electron chi connectivity index (χ2n) is 5.42. The van der Waals surface area contributed by atoms with Crippen molar-refractivity contribution in [2.24, 2.45) is 0 Å². The minimum absolute atomic E-state index is 0.0232. The van der Waals surface area contributed by atoms with Crippen molar-refractivity contribution in [2.45, 2.75) is 26.3 Å². The lowest BCUT2D eigenvalue weighted by molar-refractivity contribution is -0.384. The number of pyridine rings is 1. The molecule has 7 nitrogen and oxygen atoms in total. The van der Waals surface area contributed by atoms with E-state index in [4.69, 9.17) is 0 Å². The molecule has 126 valence electrons. The van der Waals surface area contributed by atoms with Crippen molar-refractivity contribution in [2.75, 3.05) is 6.54 Å². The number of nitrogens with zero attached hydrogens (tertiary/aromatic N) is 2. The predicted molar refractivity (Wildman–Crippen MR) is 90.1 cm³/mol. The van der Waals surface area contributed by atoms with Gasteiger partial charge in [0.25, 0.3) is 17.2 Å². The Labute approximate surface area is 139 Å². The maximum Gasteiger partial charge on any atom is 0.269 e. The third-order valence-corrected chi connectivity index (χ3v) is 3.70. The van der Waals surface area contributed by atoms with Crippen molar-refractivity contribution in [3.05, 3.63) is 74.2 Å². The van der Waals surface area contributed by atoms with Gasteiger partial charge in [-0.2, -0.15) is 0 Å².